The van der Waals surface area contributed by atoms with Gasteiger partial charge in [0.15, 0.2) is 17.5 Å². The molecule has 3 heteroatoms. The summed E-state index contributed by atoms with van der Waals surface area (Å²) >= 11 is 0. The van der Waals surface area contributed by atoms with Crippen LogP contribution in [-0.2, 0) is 10.8 Å². The minimum atomic E-state index is -0.402. The first kappa shape index (κ1) is 29.7. The summed E-state index contributed by atoms with van der Waals surface area (Å²) < 4.78 is 0. The minimum Gasteiger partial charge on any atom is -0.209 e. The number of hydrogen-bond acceptors (Lipinski definition) is 3. The number of fused-ring (bicyclic) bond motifs is 9. The van der Waals surface area contributed by atoms with Gasteiger partial charge in [-0.1, -0.05) is 172 Å². The molecule has 51 heavy (non-hydrogen) atoms. The van der Waals surface area contributed by atoms with Crippen molar-refractivity contribution >= 4 is 22.4 Å². The van der Waals surface area contributed by atoms with Crippen molar-refractivity contribution in [2.45, 2.75) is 31.1 Å². The highest BCUT2D eigenvalue weighted by Gasteiger charge is 2.54. The number of rotatable bonds is 3. The van der Waals surface area contributed by atoms with Gasteiger partial charge in [0.1, 0.15) is 0 Å². The third kappa shape index (κ3) is 4.34. The zero-order chi connectivity index (χ0) is 34.2. The molecule has 3 aliphatic rings. The second-order valence-electron chi connectivity index (χ2n) is 14.4. The zero-order valence-electron chi connectivity index (χ0n) is 28.6. The van der Waals surface area contributed by atoms with Crippen molar-refractivity contribution in [2.24, 2.45) is 0 Å². The smallest absolute Gasteiger partial charge is 0.164 e. The maximum atomic E-state index is 5.14. The van der Waals surface area contributed by atoms with E-state index in [-0.39, 0.29) is 5.41 Å². The molecular weight excluding hydrogens is 619 g/mol. The molecule has 0 saturated carbocycles. The first-order valence-corrected chi connectivity index (χ1v) is 17.8. The van der Waals surface area contributed by atoms with Crippen molar-refractivity contribution in [2.75, 3.05) is 0 Å². The Morgan fingerprint density at radius 3 is 1.86 bits per heavy atom. The molecule has 0 N–H and O–H groups in total. The van der Waals surface area contributed by atoms with E-state index in [1.165, 1.54) is 50.1 Å². The van der Waals surface area contributed by atoms with Gasteiger partial charge in [0.2, 0.25) is 0 Å². The van der Waals surface area contributed by atoms with Gasteiger partial charge in [-0.15, -0.1) is 0 Å². The van der Waals surface area contributed by atoms with Crippen molar-refractivity contribution in [1.29, 1.82) is 0 Å². The van der Waals surface area contributed by atoms with E-state index in [4.69, 9.17) is 15.0 Å². The fourth-order valence-corrected chi connectivity index (χ4v) is 9.04. The van der Waals surface area contributed by atoms with Gasteiger partial charge in [0, 0.05) is 16.5 Å². The van der Waals surface area contributed by atoms with E-state index in [0.717, 1.165) is 28.3 Å². The van der Waals surface area contributed by atoms with Crippen LogP contribution in [-0.4, -0.2) is 15.0 Å². The van der Waals surface area contributed by atoms with Gasteiger partial charge in [-0.2, -0.15) is 0 Å². The standard InChI is InChI=1S/C48H35N3/c1-47(2)39-23-10-12-25-41(39)48(42-26-13-11-24-40(42)47)38-22-9-8-20-35(38)36-28-27-31(29-43(36)48)30-44-49-45(33-16-4-3-5-17-33)51-46(50-44)37-21-14-18-32-15-6-7-19-34(32)37/h3-28,30H,29H2,1-2H3/b31-30+. The van der Waals surface area contributed by atoms with Crippen LogP contribution in [0.1, 0.15) is 59.5 Å². The molecule has 6 aromatic carbocycles. The van der Waals surface area contributed by atoms with Crippen molar-refractivity contribution in [3.63, 3.8) is 0 Å². The van der Waals surface area contributed by atoms with Crippen LogP contribution in [0.2, 0.25) is 0 Å². The Kier molecular flexibility index (Phi) is 6.50. The largest absolute Gasteiger partial charge is 0.209 e. The number of hydrogen-bond donors (Lipinski definition) is 0. The van der Waals surface area contributed by atoms with Crippen LogP contribution in [0.3, 0.4) is 0 Å². The van der Waals surface area contributed by atoms with Crippen LogP contribution in [0.5, 0.6) is 0 Å². The summed E-state index contributed by atoms with van der Waals surface area (Å²) in [6, 6.07) is 52.3. The predicted octanol–water partition coefficient (Wildman–Crippen LogP) is 11.1. The fourth-order valence-electron chi connectivity index (χ4n) is 9.04. The van der Waals surface area contributed by atoms with Gasteiger partial charge in [0.25, 0.3) is 0 Å². The molecule has 0 unspecified atom stereocenters. The predicted molar refractivity (Wildman–Crippen MR) is 208 cm³/mol. The van der Waals surface area contributed by atoms with E-state index < -0.39 is 5.41 Å². The van der Waals surface area contributed by atoms with Crippen molar-refractivity contribution in [3.8, 4) is 22.8 Å². The summed E-state index contributed by atoms with van der Waals surface area (Å²) in [6.07, 6.45) is 7.54. The normalized spacial score (nSPS) is 16.9. The molecule has 1 aromatic heterocycles. The Bertz CT molecular complexity index is 2590. The lowest BCUT2D eigenvalue weighted by molar-refractivity contribution is 0.554. The minimum absolute atomic E-state index is 0.128. The average Bonchev–Trinajstić information content (AvgIpc) is 3.47. The van der Waals surface area contributed by atoms with Gasteiger partial charge in [-0.3, -0.25) is 0 Å². The van der Waals surface area contributed by atoms with E-state index in [2.05, 4.69) is 159 Å². The van der Waals surface area contributed by atoms with Crippen LogP contribution < -0.4 is 0 Å². The quantitative estimate of drug-likeness (QED) is 0.190. The number of aromatic nitrogens is 3. The molecule has 0 saturated heterocycles. The molecule has 7 aromatic rings. The summed E-state index contributed by atoms with van der Waals surface area (Å²) in [5, 5.41) is 2.29. The molecule has 10 rings (SSSR count). The first-order valence-electron chi connectivity index (χ1n) is 17.8. The lowest BCUT2D eigenvalue weighted by Gasteiger charge is -2.47. The second-order valence-corrected chi connectivity index (χ2v) is 14.4. The second kappa shape index (κ2) is 11.2. The van der Waals surface area contributed by atoms with Crippen LogP contribution in [0.25, 0.3) is 45.2 Å². The molecule has 1 heterocycles. The molecule has 3 nitrogen and oxygen atoms in total. The van der Waals surface area contributed by atoms with E-state index in [1.807, 2.05) is 18.2 Å². The molecule has 0 fully saturated rings. The fraction of sp³-hybridized carbons (Fsp3) is 0.104. The molecular formula is C48H35N3. The Labute approximate surface area is 298 Å². The van der Waals surface area contributed by atoms with E-state index in [9.17, 15) is 0 Å². The van der Waals surface area contributed by atoms with Gasteiger partial charge >= 0.3 is 0 Å². The van der Waals surface area contributed by atoms with Gasteiger partial charge < -0.3 is 0 Å². The third-order valence-corrected chi connectivity index (χ3v) is 11.3. The summed E-state index contributed by atoms with van der Waals surface area (Å²) in [7, 11) is 0. The van der Waals surface area contributed by atoms with Gasteiger partial charge in [-0.05, 0) is 73.4 Å². The summed E-state index contributed by atoms with van der Waals surface area (Å²) in [5.41, 5.74) is 13.6. The summed E-state index contributed by atoms with van der Waals surface area (Å²) in [6.45, 7) is 4.75. The Hall–Kier alpha value is -6.19. The number of allylic oxidation sites excluding steroid dienone is 5. The summed E-state index contributed by atoms with van der Waals surface area (Å²) in [5.74, 6) is 2.00. The Balaban J connectivity index is 1.17. The lowest BCUT2D eigenvalue weighted by atomic mass is 9.54. The van der Waals surface area contributed by atoms with Crippen LogP contribution >= 0.6 is 0 Å². The van der Waals surface area contributed by atoms with E-state index >= 15 is 0 Å². The maximum absolute atomic E-state index is 5.14. The van der Waals surface area contributed by atoms with Gasteiger partial charge in [-0.25, -0.2) is 15.0 Å². The van der Waals surface area contributed by atoms with Crippen molar-refractivity contribution in [1.82, 2.24) is 15.0 Å². The van der Waals surface area contributed by atoms with Crippen molar-refractivity contribution < 1.29 is 0 Å². The average molecular weight is 654 g/mol. The van der Waals surface area contributed by atoms with Gasteiger partial charge in [0.05, 0.1) is 5.41 Å². The SMILES string of the molecule is CC1(C)c2ccccc2C2(C3=C(C=C/C(=C\c4nc(-c5ccccc5)nc(-c5cccc6ccccc56)n4)C3)c3ccccc32)c2ccccc21. The van der Waals surface area contributed by atoms with E-state index in [0.29, 0.717) is 17.5 Å². The molecule has 0 atom stereocenters. The van der Waals surface area contributed by atoms with E-state index in [1.54, 1.807) is 0 Å². The molecule has 3 aliphatic carbocycles. The lowest BCUT2D eigenvalue weighted by Crippen LogP contribution is -2.41. The zero-order valence-corrected chi connectivity index (χ0v) is 28.6. The van der Waals surface area contributed by atoms with Crippen LogP contribution in [0.15, 0.2) is 169 Å². The highest BCUT2D eigenvalue weighted by Crippen LogP contribution is 2.63. The topological polar surface area (TPSA) is 38.7 Å². The highest BCUT2D eigenvalue weighted by molar-refractivity contribution is 5.96. The van der Waals surface area contributed by atoms with Crippen LogP contribution in [0.4, 0.5) is 0 Å². The monoisotopic (exact) mass is 653 g/mol. The molecule has 242 valence electrons. The third-order valence-electron chi connectivity index (χ3n) is 11.3. The molecule has 0 aliphatic heterocycles. The van der Waals surface area contributed by atoms with Crippen LogP contribution in [0, 0.1) is 0 Å². The Morgan fingerprint density at radius 1 is 0.510 bits per heavy atom. The Morgan fingerprint density at radius 2 is 1.10 bits per heavy atom. The first-order chi connectivity index (χ1) is 25.0. The highest BCUT2D eigenvalue weighted by atomic mass is 15.0. The number of nitrogens with zero attached hydrogens (tertiary/aromatic N) is 3. The summed E-state index contributed by atoms with van der Waals surface area (Å²) in [4.78, 5) is 15.3. The maximum Gasteiger partial charge on any atom is 0.164 e. The van der Waals surface area contributed by atoms with Crippen molar-refractivity contribution in [3.05, 3.63) is 208 Å². The molecule has 0 radical (unpaired) electrons. The molecule has 1 spiro atoms. The molecule has 0 bridgehead atoms. The number of benzene rings is 6. The molecule has 0 amide bonds.